The van der Waals surface area contributed by atoms with E-state index in [1.807, 2.05) is 0 Å². The van der Waals surface area contributed by atoms with E-state index in [2.05, 4.69) is 9.87 Å². The van der Waals surface area contributed by atoms with Crippen LogP contribution in [0, 0.1) is 0 Å². The second-order valence-corrected chi connectivity index (χ2v) is 1.59. The van der Waals surface area contributed by atoms with Gasteiger partial charge in [0.05, 0.1) is 0 Å². The molecule has 0 bridgehead atoms. The first-order valence-electron chi connectivity index (χ1n) is 2.61. The Labute approximate surface area is 73.1 Å². The van der Waals surface area contributed by atoms with E-state index in [9.17, 15) is 4.79 Å². The summed E-state index contributed by atoms with van der Waals surface area (Å²) < 4.78 is 0. The summed E-state index contributed by atoms with van der Waals surface area (Å²) in [5.41, 5.74) is 0.0880. The van der Waals surface area contributed by atoms with Crippen LogP contribution in [0.5, 0.6) is 0 Å². The predicted molar refractivity (Wildman–Crippen MR) is 32.3 cm³/mol. The van der Waals surface area contributed by atoms with Gasteiger partial charge in [-0.3, -0.25) is 4.89 Å². The zero-order valence-corrected chi connectivity index (χ0v) is 6.32. The molecule has 0 aromatic carbocycles. The standard InChI is InChI=1S/C6H5NO3.Ni/c8-6(10-9)5-3-1-2-4-7-5;/h1-4,9H;. The summed E-state index contributed by atoms with van der Waals surface area (Å²) in [7, 11) is 0. The van der Waals surface area contributed by atoms with Crippen LogP contribution in [0.4, 0.5) is 0 Å². The number of carbonyl (C=O) groups excluding carboxylic acids is 1. The maximum absolute atomic E-state index is 10.5. The molecule has 0 amide bonds. The maximum Gasteiger partial charge on any atom is 0.390 e. The van der Waals surface area contributed by atoms with Crippen molar-refractivity contribution in [2.24, 2.45) is 0 Å². The fourth-order valence-electron chi connectivity index (χ4n) is 0.530. The molecular weight excluding hydrogens is 193 g/mol. The van der Waals surface area contributed by atoms with E-state index in [1.165, 1.54) is 12.3 Å². The van der Waals surface area contributed by atoms with Gasteiger partial charge in [0.25, 0.3) is 0 Å². The molecule has 5 heteroatoms. The molecule has 0 aliphatic heterocycles. The van der Waals surface area contributed by atoms with Crippen LogP contribution in [0.1, 0.15) is 10.5 Å². The smallest absolute Gasteiger partial charge is 0.294 e. The minimum Gasteiger partial charge on any atom is -0.294 e. The van der Waals surface area contributed by atoms with E-state index in [1.54, 1.807) is 12.1 Å². The normalized spacial score (nSPS) is 8.09. The number of aromatic nitrogens is 1. The van der Waals surface area contributed by atoms with Crippen LogP contribution in [0.15, 0.2) is 24.4 Å². The van der Waals surface area contributed by atoms with Crippen molar-refractivity contribution in [3.05, 3.63) is 30.1 Å². The van der Waals surface area contributed by atoms with Crippen LogP contribution < -0.4 is 0 Å². The Bertz CT molecular complexity index is 227. The molecule has 1 aromatic rings. The first kappa shape index (κ1) is 10.1. The average Bonchev–Trinajstić information content (AvgIpc) is 2.05. The van der Waals surface area contributed by atoms with Crippen molar-refractivity contribution in [2.75, 3.05) is 0 Å². The largest absolute Gasteiger partial charge is 0.390 e. The van der Waals surface area contributed by atoms with Crippen LogP contribution in [-0.4, -0.2) is 16.2 Å². The van der Waals surface area contributed by atoms with Crippen molar-refractivity contribution in [2.45, 2.75) is 0 Å². The van der Waals surface area contributed by atoms with Gasteiger partial charge in [-0.15, -0.1) is 0 Å². The van der Waals surface area contributed by atoms with Crippen molar-refractivity contribution in [1.82, 2.24) is 4.98 Å². The number of rotatable bonds is 1. The Morgan fingerprint density at radius 1 is 1.55 bits per heavy atom. The Morgan fingerprint density at radius 3 is 2.73 bits per heavy atom. The summed E-state index contributed by atoms with van der Waals surface area (Å²) in [4.78, 5) is 17.5. The van der Waals surface area contributed by atoms with Gasteiger partial charge in [0.15, 0.2) is 5.69 Å². The minimum atomic E-state index is -0.847. The Balaban J connectivity index is 0.000001000. The van der Waals surface area contributed by atoms with Crippen LogP contribution in [0.2, 0.25) is 0 Å². The molecule has 1 heterocycles. The van der Waals surface area contributed by atoms with Gasteiger partial charge in [-0.25, -0.2) is 9.78 Å². The molecule has 0 unspecified atom stereocenters. The van der Waals surface area contributed by atoms with Crippen LogP contribution in [0.25, 0.3) is 0 Å². The van der Waals surface area contributed by atoms with Crippen LogP contribution in [-0.2, 0) is 21.4 Å². The molecule has 0 aliphatic rings. The summed E-state index contributed by atoms with van der Waals surface area (Å²) >= 11 is 0. The minimum absolute atomic E-state index is 0. The summed E-state index contributed by atoms with van der Waals surface area (Å²) in [6.45, 7) is 0. The average molecular weight is 198 g/mol. The Morgan fingerprint density at radius 2 is 2.27 bits per heavy atom. The third kappa shape index (κ3) is 2.66. The number of carbonyl (C=O) groups is 1. The number of hydrogen-bond acceptors (Lipinski definition) is 4. The molecule has 1 N–H and O–H groups in total. The fourth-order valence-corrected chi connectivity index (χ4v) is 0.530. The first-order valence-corrected chi connectivity index (χ1v) is 2.61. The first-order chi connectivity index (χ1) is 4.84. The molecule has 0 saturated carbocycles. The molecule has 0 aliphatic carbocycles. The van der Waals surface area contributed by atoms with E-state index in [0.29, 0.717) is 0 Å². The Hall–Kier alpha value is -0.926. The topological polar surface area (TPSA) is 59.4 Å². The van der Waals surface area contributed by atoms with E-state index in [4.69, 9.17) is 5.26 Å². The summed E-state index contributed by atoms with van der Waals surface area (Å²) in [6, 6.07) is 4.73. The van der Waals surface area contributed by atoms with Crippen molar-refractivity contribution in [1.29, 1.82) is 0 Å². The van der Waals surface area contributed by atoms with Crippen LogP contribution in [0.3, 0.4) is 0 Å². The third-order valence-corrected chi connectivity index (χ3v) is 0.957. The van der Waals surface area contributed by atoms with Gasteiger partial charge in [-0.1, -0.05) is 6.07 Å². The number of pyridine rings is 1. The molecule has 0 fully saturated rings. The Kier molecular flexibility index (Phi) is 4.42. The van der Waals surface area contributed by atoms with E-state index in [-0.39, 0.29) is 22.2 Å². The van der Waals surface area contributed by atoms with Gasteiger partial charge in [0, 0.05) is 22.7 Å². The van der Waals surface area contributed by atoms with Gasteiger partial charge in [0.1, 0.15) is 0 Å². The zero-order chi connectivity index (χ0) is 7.40. The zero-order valence-electron chi connectivity index (χ0n) is 5.34. The SMILES string of the molecule is O=C(OO)c1ccccn1.[Ni]. The van der Waals surface area contributed by atoms with Gasteiger partial charge >= 0.3 is 5.97 Å². The monoisotopic (exact) mass is 197 g/mol. The van der Waals surface area contributed by atoms with Crippen molar-refractivity contribution < 1.29 is 31.4 Å². The van der Waals surface area contributed by atoms with Gasteiger partial charge in [0.2, 0.25) is 0 Å². The molecular formula is C6H5NNiO3. The quantitative estimate of drug-likeness (QED) is 0.410. The maximum atomic E-state index is 10.5. The molecule has 1 rings (SSSR count). The molecule has 1 aromatic heterocycles. The summed E-state index contributed by atoms with van der Waals surface area (Å²) in [5.74, 6) is -0.847. The molecule has 0 spiro atoms. The molecule has 0 saturated heterocycles. The molecule has 62 valence electrons. The third-order valence-electron chi connectivity index (χ3n) is 0.957. The molecule has 0 radical (unpaired) electrons. The summed E-state index contributed by atoms with van der Waals surface area (Å²) in [6.07, 6.45) is 1.44. The second kappa shape index (κ2) is 4.82. The van der Waals surface area contributed by atoms with Gasteiger partial charge in [-0.2, -0.15) is 5.26 Å². The van der Waals surface area contributed by atoms with Crippen molar-refractivity contribution in [3.63, 3.8) is 0 Å². The molecule has 4 nitrogen and oxygen atoms in total. The number of hydrogen-bond donors (Lipinski definition) is 1. The molecule has 0 atom stereocenters. The van der Waals surface area contributed by atoms with E-state index in [0.717, 1.165) is 0 Å². The second-order valence-electron chi connectivity index (χ2n) is 1.59. The molecule has 11 heavy (non-hydrogen) atoms. The van der Waals surface area contributed by atoms with Crippen molar-refractivity contribution in [3.8, 4) is 0 Å². The summed E-state index contributed by atoms with van der Waals surface area (Å²) in [5, 5.41) is 7.90. The number of nitrogens with zero attached hydrogens (tertiary/aromatic N) is 1. The fraction of sp³-hybridized carbons (Fsp3) is 0. The van der Waals surface area contributed by atoms with Gasteiger partial charge < -0.3 is 0 Å². The van der Waals surface area contributed by atoms with E-state index >= 15 is 0 Å². The van der Waals surface area contributed by atoms with Crippen LogP contribution >= 0.6 is 0 Å². The van der Waals surface area contributed by atoms with Gasteiger partial charge in [-0.05, 0) is 12.1 Å². The predicted octanol–water partition coefficient (Wildman–Crippen LogP) is 0.709. The van der Waals surface area contributed by atoms with Crippen molar-refractivity contribution >= 4 is 5.97 Å². The van der Waals surface area contributed by atoms with E-state index < -0.39 is 5.97 Å².